The maximum absolute atomic E-state index is 12.9. The number of carbonyl (C=O) groups excluding carboxylic acids is 1. The molecule has 5 nitrogen and oxygen atoms in total. The van der Waals surface area contributed by atoms with Crippen molar-refractivity contribution in [2.75, 3.05) is 11.4 Å². The first-order chi connectivity index (χ1) is 12.3. The van der Waals surface area contributed by atoms with Crippen LogP contribution in [0.1, 0.15) is 52.2 Å². The van der Waals surface area contributed by atoms with E-state index in [1.165, 1.54) is 0 Å². The quantitative estimate of drug-likeness (QED) is 0.707. The molecule has 1 saturated heterocycles. The molecule has 1 fully saturated rings. The molecule has 0 radical (unpaired) electrons. The minimum absolute atomic E-state index is 0.185. The highest BCUT2D eigenvalue weighted by Gasteiger charge is 2.30. The Balaban J connectivity index is 1.78. The first-order valence-corrected chi connectivity index (χ1v) is 9.43. The summed E-state index contributed by atoms with van der Waals surface area (Å²) in [5, 5.41) is 4.58. The second kappa shape index (κ2) is 7.70. The van der Waals surface area contributed by atoms with Gasteiger partial charge in [-0.2, -0.15) is 0 Å². The van der Waals surface area contributed by atoms with E-state index in [1.54, 1.807) is 6.07 Å². The molecule has 140 valence electrons. The molecule has 0 amide bonds. The van der Waals surface area contributed by atoms with E-state index < -0.39 is 0 Å². The molecule has 1 unspecified atom stereocenters. The Morgan fingerprint density at radius 1 is 1.23 bits per heavy atom. The van der Waals surface area contributed by atoms with Crippen molar-refractivity contribution in [2.24, 2.45) is 0 Å². The number of halogens is 1. The van der Waals surface area contributed by atoms with Crippen molar-refractivity contribution < 1.29 is 14.1 Å². The predicted molar refractivity (Wildman–Crippen MR) is 102 cm³/mol. The molecule has 26 heavy (non-hydrogen) atoms. The summed E-state index contributed by atoms with van der Waals surface area (Å²) in [5.74, 6) is 0.617. The summed E-state index contributed by atoms with van der Waals surface area (Å²) in [4.78, 5) is 15.0. The van der Waals surface area contributed by atoms with Crippen LogP contribution >= 0.6 is 11.6 Å². The molecule has 6 heteroatoms. The Labute approximate surface area is 159 Å². The van der Waals surface area contributed by atoms with Gasteiger partial charge in [0.1, 0.15) is 11.8 Å². The Morgan fingerprint density at radius 2 is 1.96 bits per heavy atom. The fraction of sp³-hybridized carbons (Fsp3) is 0.500. The van der Waals surface area contributed by atoms with Crippen molar-refractivity contribution in [1.29, 1.82) is 0 Å². The van der Waals surface area contributed by atoms with Gasteiger partial charge in [0.2, 0.25) is 0 Å². The third kappa shape index (κ3) is 4.39. The largest absolute Gasteiger partial charge is 0.403 e. The molecular weight excluding hydrogens is 352 g/mol. The van der Waals surface area contributed by atoms with Gasteiger partial charge in [0.25, 0.3) is 5.88 Å². The van der Waals surface area contributed by atoms with Crippen LogP contribution in [0.4, 0.5) is 5.69 Å². The highest BCUT2D eigenvalue weighted by Crippen LogP contribution is 2.28. The molecule has 0 saturated carbocycles. The average Bonchev–Trinajstić information content (AvgIpc) is 2.92. The van der Waals surface area contributed by atoms with Crippen LogP contribution in [-0.2, 0) is 10.2 Å². The molecule has 1 aliphatic heterocycles. The van der Waals surface area contributed by atoms with E-state index in [4.69, 9.17) is 20.9 Å². The SMILES string of the molecule is CC(C)(C)c1cc(OC(=O)C2CCCCCN2c2ccc(Cl)cc2)no1. The van der Waals surface area contributed by atoms with E-state index in [1.807, 2.05) is 45.0 Å². The third-order valence-electron chi connectivity index (χ3n) is 4.62. The van der Waals surface area contributed by atoms with Gasteiger partial charge in [-0.25, -0.2) is 4.79 Å². The molecule has 2 heterocycles. The van der Waals surface area contributed by atoms with Gasteiger partial charge in [-0.3, -0.25) is 0 Å². The normalized spacial score (nSPS) is 18.5. The molecule has 1 aromatic heterocycles. The number of esters is 1. The number of hydrogen-bond donors (Lipinski definition) is 0. The summed E-state index contributed by atoms with van der Waals surface area (Å²) in [6.07, 6.45) is 3.90. The van der Waals surface area contributed by atoms with Crippen LogP contribution in [0.3, 0.4) is 0 Å². The van der Waals surface area contributed by atoms with Crippen molar-refractivity contribution >= 4 is 23.3 Å². The number of ether oxygens (including phenoxy) is 1. The smallest absolute Gasteiger partial charge is 0.335 e. The van der Waals surface area contributed by atoms with Gasteiger partial charge >= 0.3 is 5.97 Å². The number of hydrogen-bond acceptors (Lipinski definition) is 5. The van der Waals surface area contributed by atoms with Crippen LogP contribution < -0.4 is 9.64 Å². The lowest BCUT2D eigenvalue weighted by Crippen LogP contribution is -2.43. The topological polar surface area (TPSA) is 55.6 Å². The zero-order chi connectivity index (χ0) is 18.7. The molecule has 1 aromatic carbocycles. The standard InChI is InChI=1S/C20H25ClN2O3/c1-20(2,3)17-13-18(22-26-17)25-19(24)16-7-5-4-6-12-23(16)15-10-8-14(21)9-11-15/h8-11,13,16H,4-7,12H2,1-3H3. The first-order valence-electron chi connectivity index (χ1n) is 9.06. The van der Waals surface area contributed by atoms with Gasteiger partial charge in [0, 0.05) is 28.7 Å². The number of aromatic nitrogens is 1. The van der Waals surface area contributed by atoms with E-state index in [2.05, 4.69) is 10.1 Å². The lowest BCUT2D eigenvalue weighted by molar-refractivity contribution is -0.136. The van der Waals surface area contributed by atoms with Gasteiger partial charge < -0.3 is 14.2 Å². The molecule has 0 N–H and O–H groups in total. The minimum Gasteiger partial charge on any atom is -0.403 e. The lowest BCUT2D eigenvalue weighted by Gasteiger charge is -2.30. The summed E-state index contributed by atoms with van der Waals surface area (Å²) < 4.78 is 10.9. The first kappa shape index (κ1) is 18.8. The maximum Gasteiger partial charge on any atom is 0.335 e. The monoisotopic (exact) mass is 376 g/mol. The van der Waals surface area contributed by atoms with Crippen molar-refractivity contribution in [3.63, 3.8) is 0 Å². The number of anilines is 1. The average molecular weight is 377 g/mol. The molecule has 1 aliphatic rings. The molecule has 0 aliphatic carbocycles. The summed E-state index contributed by atoms with van der Waals surface area (Å²) in [7, 11) is 0. The summed E-state index contributed by atoms with van der Waals surface area (Å²) in [6.45, 7) is 6.87. The van der Waals surface area contributed by atoms with Gasteiger partial charge in [-0.05, 0) is 42.3 Å². The van der Waals surface area contributed by atoms with Crippen LogP contribution in [0.25, 0.3) is 0 Å². The lowest BCUT2D eigenvalue weighted by atomic mass is 9.94. The zero-order valence-corrected chi connectivity index (χ0v) is 16.3. The van der Waals surface area contributed by atoms with E-state index in [0.717, 1.165) is 37.9 Å². The van der Waals surface area contributed by atoms with E-state index in [9.17, 15) is 4.79 Å². The fourth-order valence-corrected chi connectivity index (χ4v) is 3.25. The van der Waals surface area contributed by atoms with E-state index in [-0.39, 0.29) is 23.3 Å². The highest BCUT2D eigenvalue weighted by atomic mass is 35.5. The molecule has 3 rings (SSSR count). The fourth-order valence-electron chi connectivity index (χ4n) is 3.13. The second-order valence-corrected chi connectivity index (χ2v) is 8.17. The van der Waals surface area contributed by atoms with Crippen molar-refractivity contribution in [2.45, 2.75) is 57.9 Å². The molecular formula is C20H25ClN2O3. The highest BCUT2D eigenvalue weighted by molar-refractivity contribution is 6.30. The predicted octanol–water partition coefficient (Wildman–Crippen LogP) is 4.98. The van der Waals surface area contributed by atoms with E-state index in [0.29, 0.717) is 10.8 Å². The van der Waals surface area contributed by atoms with Gasteiger partial charge in [-0.1, -0.05) is 45.2 Å². The number of carbonyl (C=O) groups is 1. The van der Waals surface area contributed by atoms with Gasteiger partial charge in [0.15, 0.2) is 0 Å². The Kier molecular flexibility index (Phi) is 5.56. The van der Waals surface area contributed by atoms with Crippen molar-refractivity contribution in [3.8, 4) is 5.88 Å². The Bertz CT molecular complexity index is 749. The zero-order valence-electron chi connectivity index (χ0n) is 15.5. The Hall–Kier alpha value is -2.01. The van der Waals surface area contributed by atoms with Gasteiger partial charge in [-0.15, -0.1) is 0 Å². The summed E-state index contributed by atoms with van der Waals surface area (Å²) in [6, 6.07) is 8.94. The number of nitrogens with zero attached hydrogens (tertiary/aromatic N) is 2. The maximum atomic E-state index is 12.9. The van der Waals surface area contributed by atoms with Crippen LogP contribution in [-0.4, -0.2) is 23.7 Å². The van der Waals surface area contributed by atoms with Crippen LogP contribution in [0.2, 0.25) is 5.02 Å². The minimum atomic E-state index is -0.339. The Morgan fingerprint density at radius 3 is 2.62 bits per heavy atom. The van der Waals surface area contributed by atoms with Crippen molar-refractivity contribution in [1.82, 2.24) is 5.16 Å². The summed E-state index contributed by atoms with van der Waals surface area (Å²) >= 11 is 6.00. The molecule has 2 aromatic rings. The van der Waals surface area contributed by atoms with E-state index >= 15 is 0 Å². The second-order valence-electron chi connectivity index (χ2n) is 7.74. The molecule has 0 spiro atoms. The van der Waals surface area contributed by atoms with Crippen LogP contribution in [0, 0.1) is 0 Å². The van der Waals surface area contributed by atoms with Crippen molar-refractivity contribution in [3.05, 3.63) is 41.1 Å². The number of rotatable bonds is 3. The number of benzene rings is 1. The molecule has 0 bridgehead atoms. The summed E-state index contributed by atoms with van der Waals surface area (Å²) in [5.41, 5.74) is 0.795. The molecule has 1 atom stereocenters. The third-order valence-corrected chi connectivity index (χ3v) is 4.87. The van der Waals surface area contributed by atoms with Gasteiger partial charge in [0.05, 0.1) is 0 Å². The van der Waals surface area contributed by atoms with Crippen LogP contribution in [0.15, 0.2) is 34.9 Å². The van der Waals surface area contributed by atoms with Crippen LogP contribution in [0.5, 0.6) is 5.88 Å².